The van der Waals surface area contributed by atoms with Crippen LogP contribution >= 0.6 is 15.9 Å². The van der Waals surface area contributed by atoms with Crippen molar-refractivity contribution in [3.63, 3.8) is 0 Å². The van der Waals surface area contributed by atoms with E-state index >= 15 is 0 Å². The molecule has 0 radical (unpaired) electrons. The lowest BCUT2D eigenvalue weighted by Crippen LogP contribution is -2.12. The van der Waals surface area contributed by atoms with Gasteiger partial charge in [-0.25, -0.2) is 4.79 Å². The summed E-state index contributed by atoms with van der Waals surface area (Å²) in [7, 11) is 0. The molecule has 1 amide bonds. The van der Waals surface area contributed by atoms with Crippen LogP contribution in [0.15, 0.2) is 69.8 Å². The molecular formula is C19H14BrNO4. The molecule has 1 N–H and O–H groups in total. The van der Waals surface area contributed by atoms with Gasteiger partial charge in [0.25, 0.3) is 5.91 Å². The number of amides is 1. The third-order valence-corrected chi connectivity index (χ3v) is 3.84. The van der Waals surface area contributed by atoms with Gasteiger partial charge >= 0.3 is 5.97 Å². The number of aryl methyl sites for hydroxylation is 1. The minimum absolute atomic E-state index is 0.0908. The Morgan fingerprint density at radius 1 is 0.960 bits per heavy atom. The average Bonchev–Trinajstić information content (AvgIpc) is 3.04. The fraction of sp³-hybridized carbons (Fsp3) is 0.0526. The quantitative estimate of drug-likeness (QED) is 0.504. The molecule has 5 nitrogen and oxygen atoms in total. The maximum absolute atomic E-state index is 12.2. The second-order valence-electron chi connectivity index (χ2n) is 5.34. The highest BCUT2D eigenvalue weighted by Crippen LogP contribution is 2.18. The van der Waals surface area contributed by atoms with E-state index in [0.717, 1.165) is 11.3 Å². The largest absolute Gasteiger partial charge is 0.442 e. The van der Waals surface area contributed by atoms with Crippen LogP contribution in [0.2, 0.25) is 0 Å². The molecule has 126 valence electrons. The number of rotatable bonds is 4. The summed E-state index contributed by atoms with van der Waals surface area (Å²) in [5, 5.41) is 2.81. The summed E-state index contributed by atoms with van der Waals surface area (Å²) in [5.74, 6) is -0.434. The number of halogens is 1. The monoisotopic (exact) mass is 399 g/mol. The van der Waals surface area contributed by atoms with Crippen molar-refractivity contribution in [2.75, 3.05) is 5.32 Å². The lowest BCUT2D eigenvalue weighted by Gasteiger charge is -2.07. The molecule has 3 aromatic rings. The van der Waals surface area contributed by atoms with E-state index in [4.69, 9.17) is 9.15 Å². The molecular weight excluding hydrogens is 386 g/mol. The summed E-state index contributed by atoms with van der Waals surface area (Å²) in [6, 6.07) is 16.9. The zero-order chi connectivity index (χ0) is 17.8. The number of ether oxygens (including phenoxy) is 1. The maximum Gasteiger partial charge on any atom is 0.379 e. The second kappa shape index (κ2) is 7.36. The molecule has 1 aromatic heterocycles. The van der Waals surface area contributed by atoms with Crippen LogP contribution in [0.4, 0.5) is 5.69 Å². The summed E-state index contributed by atoms with van der Waals surface area (Å²) in [6.07, 6.45) is 0. The smallest absolute Gasteiger partial charge is 0.379 e. The summed E-state index contributed by atoms with van der Waals surface area (Å²) in [6.45, 7) is 1.98. The van der Waals surface area contributed by atoms with Gasteiger partial charge in [-0.15, -0.1) is 0 Å². The summed E-state index contributed by atoms with van der Waals surface area (Å²) in [5.41, 5.74) is 2.29. The molecule has 0 saturated heterocycles. The first-order valence-electron chi connectivity index (χ1n) is 7.47. The third kappa shape index (κ3) is 4.36. The van der Waals surface area contributed by atoms with Gasteiger partial charge in [0.05, 0.1) is 0 Å². The molecule has 0 spiro atoms. The molecule has 0 unspecified atom stereocenters. The van der Waals surface area contributed by atoms with Crippen LogP contribution in [0.25, 0.3) is 0 Å². The molecule has 0 bridgehead atoms. The van der Waals surface area contributed by atoms with Crippen molar-refractivity contribution in [3.8, 4) is 5.75 Å². The van der Waals surface area contributed by atoms with Crippen LogP contribution in [0.1, 0.15) is 26.5 Å². The number of nitrogens with one attached hydrogen (secondary N) is 1. The predicted molar refractivity (Wildman–Crippen MR) is 96.9 cm³/mol. The Morgan fingerprint density at radius 3 is 2.24 bits per heavy atom. The van der Waals surface area contributed by atoms with Gasteiger partial charge in [-0.1, -0.05) is 17.7 Å². The van der Waals surface area contributed by atoms with Gasteiger partial charge in [-0.2, -0.15) is 0 Å². The van der Waals surface area contributed by atoms with Crippen molar-refractivity contribution >= 4 is 33.5 Å². The maximum atomic E-state index is 12.2. The third-order valence-electron chi connectivity index (χ3n) is 3.41. The Labute approximate surface area is 152 Å². The molecule has 3 rings (SSSR count). The second-order valence-corrected chi connectivity index (χ2v) is 6.12. The predicted octanol–water partition coefficient (Wildman–Crippen LogP) is 4.82. The molecule has 0 aliphatic carbocycles. The number of hydrogen-bond acceptors (Lipinski definition) is 4. The first-order chi connectivity index (χ1) is 12.0. The molecule has 25 heavy (non-hydrogen) atoms. The van der Waals surface area contributed by atoms with Crippen molar-refractivity contribution in [2.45, 2.75) is 6.92 Å². The van der Waals surface area contributed by atoms with Crippen molar-refractivity contribution in [2.24, 2.45) is 0 Å². The Bertz CT molecular complexity index is 898. The molecule has 0 fully saturated rings. The number of furan rings is 1. The van der Waals surface area contributed by atoms with Gasteiger partial charge in [0.1, 0.15) is 5.75 Å². The minimum Gasteiger partial charge on any atom is -0.442 e. The van der Waals surface area contributed by atoms with Crippen LogP contribution in [-0.2, 0) is 0 Å². The Hall–Kier alpha value is -2.86. The first-order valence-corrected chi connectivity index (χ1v) is 8.26. The van der Waals surface area contributed by atoms with Crippen LogP contribution in [0.5, 0.6) is 5.75 Å². The Morgan fingerprint density at radius 2 is 1.64 bits per heavy atom. The number of anilines is 1. The normalized spacial score (nSPS) is 10.3. The van der Waals surface area contributed by atoms with Gasteiger partial charge in [-0.05, 0) is 71.4 Å². The van der Waals surface area contributed by atoms with E-state index in [1.807, 2.05) is 31.2 Å². The lowest BCUT2D eigenvalue weighted by atomic mass is 10.2. The van der Waals surface area contributed by atoms with Crippen molar-refractivity contribution in [1.82, 2.24) is 0 Å². The summed E-state index contributed by atoms with van der Waals surface area (Å²) >= 11 is 3.12. The van der Waals surface area contributed by atoms with E-state index in [1.165, 1.54) is 6.07 Å². The van der Waals surface area contributed by atoms with E-state index in [1.54, 1.807) is 30.3 Å². The SMILES string of the molecule is Cc1ccc(NC(=O)c2ccc(OC(=O)c3ccc(Br)o3)cc2)cc1. The number of carbonyl (C=O) groups excluding carboxylic acids is 2. The minimum atomic E-state index is -0.609. The highest BCUT2D eigenvalue weighted by Gasteiger charge is 2.13. The van der Waals surface area contributed by atoms with Crippen LogP contribution in [0.3, 0.4) is 0 Å². The van der Waals surface area contributed by atoms with E-state index in [9.17, 15) is 9.59 Å². The van der Waals surface area contributed by atoms with E-state index in [2.05, 4.69) is 21.2 Å². The standard InChI is InChI=1S/C19H14BrNO4/c1-12-2-6-14(7-3-12)21-18(22)13-4-8-15(9-5-13)24-19(23)16-10-11-17(20)25-16/h2-11H,1H3,(H,21,22). The van der Waals surface area contributed by atoms with Crippen molar-refractivity contribution < 1.29 is 18.7 Å². The van der Waals surface area contributed by atoms with Gasteiger partial charge < -0.3 is 14.5 Å². The van der Waals surface area contributed by atoms with Gasteiger partial charge in [0.15, 0.2) is 4.67 Å². The lowest BCUT2D eigenvalue weighted by molar-refractivity contribution is 0.0700. The van der Waals surface area contributed by atoms with E-state index in [0.29, 0.717) is 16.0 Å². The molecule has 0 aliphatic rings. The topological polar surface area (TPSA) is 68.5 Å². The zero-order valence-electron chi connectivity index (χ0n) is 13.3. The van der Waals surface area contributed by atoms with Gasteiger partial charge in [0, 0.05) is 11.3 Å². The summed E-state index contributed by atoms with van der Waals surface area (Å²) in [4.78, 5) is 24.1. The zero-order valence-corrected chi connectivity index (χ0v) is 14.9. The summed E-state index contributed by atoms with van der Waals surface area (Å²) < 4.78 is 10.8. The molecule has 0 atom stereocenters. The van der Waals surface area contributed by atoms with Crippen molar-refractivity contribution in [3.05, 3.63) is 82.2 Å². The van der Waals surface area contributed by atoms with Crippen LogP contribution in [0, 0.1) is 6.92 Å². The van der Waals surface area contributed by atoms with Gasteiger partial charge in [0.2, 0.25) is 5.76 Å². The first kappa shape index (κ1) is 17.0. The molecule has 6 heteroatoms. The fourth-order valence-electron chi connectivity index (χ4n) is 2.10. The van der Waals surface area contributed by atoms with E-state index in [-0.39, 0.29) is 11.7 Å². The fourth-order valence-corrected chi connectivity index (χ4v) is 2.40. The average molecular weight is 400 g/mol. The van der Waals surface area contributed by atoms with Crippen LogP contribution in [-0.4, -0.2) is 11.9 Å². The number of hydrogen-bond donors (Lipinski definition) is 1. The molecule has 0 saturated carbocycles. The highest BCUT2D eigenvalue weighted by molar-refractivity contribution is 9.10. The molecule has 1 heterocycles. The Balaban J connectivity index is 1.64. The van der Waals surface area contributed by atoms with Gasteiger partial charge in [-0.3, -0.25) is 4.79 Å². The molecule has 2 aromatic carbocycles. The Kier molecular flexibility index (Phi) is 5.00. The van der Waals surface area contributed by atoms with Crippen LogP contribution < -0.4 is 10.1 Å². The highest BCUT2D eigenvalue weighted by atomic mass is 79.9. The number of esters is 1. The number of benzene rings is 2. The van der Waals surface area contributed by atoms with E-state index < -0.39 is 5.97 Å². The number of carbonyl (C=O) groups is 2. The molecule has 0 aliphatic heterocycles. The van der Waals surface area contributed by atoms with Crippen molar-refractivity contribution in [1.29, 1.82) is 0 Å².